The maximum atomic E-state index is 6.08. The number of nitrogens with zero attached hydrogens (tertiary/aromatic N) is 4. The van der Waals surface area contributed by atoms with Crippen molar-refractivity contribution in [1.82, 2.24) is 25.0 Å². The lowest BCUT2D eigenvalue weighted by Gasteiger charge is -2.11. The fourth-order valence-corrected chi connectivity index (χ4v) is 2.70. The van der Waals surface area contributed by atoms with E-state index >= 15 is 0 Å². The van der Waals surface area contributed by atoms with Gasteiger partial charge in [0.25, 0.3) is 0 Å². The van der Waals surface area contributed by atoms with Crippen molar-refractivity contribution in [2.75, 3.05) is 13.1 Å². The zero-order valence-electron chi connectivity index (χ0n) is 14.7. The van der Waals surface area contributed by atoms with E-state index in [4.69, 9.17) is 23.2 Å². The molecule has 0 unspecified atom stereocenters. The second kappa shape index (κ2) is 10.9. The van der Waals surface area contributed by atoms with Crippen LogP contribution in [0.2, 0.25) is 10.2 Å². The second-order valence-electron chi connectivity index (χ2n) is 5.59. The smallest absolute Gasteiger partial charge is 0.191 e. The van der Waals surface area contributed by atoms with Gasteiger partial charge in [-0.15, -0.1) is 24.0 Å². The molecule has 0 fully saturated rings. The van der Waals surface area contributed by atoms with Gasteiger partial charge in [-0.2, -0.15) is 5.10 Å². The highest BCUT2D eigenvalue weighted by molar-refractivity contribution is 14.0. The van der Waals surface area contributed by atoms with Crippen molar-refractivity contribution in [2.24, 2.45) is 12.0 Å². The molecule has 2 N–H and O–H groups in total. The largest absolute Gasteiger partial charge is 0.357 e. The molecule has 0 aliphatic heterocycles. The first-order valence-electron chi connectivity index (χ1n) is 8.02. The van der Waals surface area contributed by atoms with Crippen LogP contribution in [0.4, 0.5) is 0 Å². The van der Waals surface area contributed by atoms with E-state index < -0.39 is 0 Å². The lowest BCUT2D eigenvalue weighted by molar-refractivity contribution is 0.570. The van der Waals surface area contributed by atoms with Crippen LogP contribution in [0.15, 0.2) is 23.5 Å². The van der Waals surface area contributed by atoms with E-state index in [1.165, 1.54) is 5.56 Å². The molecule has 2 aromatic rings. The van der Waals surface area contributed by atoms with Crippen molar-refractivity contribution < 1.29 is 0 Å². The molecule has 0 bridgehead atoms. The summed E-state index contributed by atoms with van der Waals surface area (Å²) in [6.45, 7) is 7.10. The lowest BCUT2D eigenvalue weighted by atomic mass is 10.4. The number of aromatic nitrogens is 3. The monoisotopic (exact) mass is 498 g/mol. The van der Waals surface area contributed by atoms with E-state index in [1.54, 1.807) is 0 Å². The zero-order chi connectivity index (χ0) is 17.5. The molecule has 9 heteroatoms. The van der Waals surface area contributed by atoms with Gasteiger partial charge >= 0.3 is 0 Å². The van der Waals surface area contributed by atoms with Crippen molar-refractivity contribution in [1.29, 1.82) is 0 Å². The maximum Gasteiger partial charge on any atom is 0.191 e. The van der Waals surface area contributed by atoms with Crippen molar-refractivity contribution in [3.8, 4) is 0 Å². The predicted molar refractivity (Wildman–Crippen MR) is 115 cm³/mol. The summed E-state index contributed by atoms with van der Waals surface area (Å²) < 4.78 is 3.80. The molecule has 0 aromatic carbocycles. The van der Waals surface area contributed by atoms with Crippen LogP contribution < -0.4 is 10.6 Å². The summed E-state index contributed by atoms with van der Waals surface area (Å²) in [5.41, 5.74) is 2.15. The molecule has 2 aromatic heterocycles. The number of halogens is 3. The van der Waals surface area contributed by atoms with Gasteiger partial charge in [0.05, 0.1) is 17.8 Å². The Morgan fingerprint density at radius 3 is 2.64 bits per heavy atom. The van der Waals surface area contributed by atoms with E-state index in [0.29, 0.717) is 16.7 Å². The molecule has 0 saturated heterocycles. The summed E-state index contributed by atoms with van der Waals surface area (Å²) in [4.78, 5) is 4.58. The number of aliphatic imine (C=N–C) groups is 1. The first-order chi connectivity index (χ1) is 11.5. The van der Waals surface area contributed by atoms with Gasteiger partial charge in [0.2, 0.25) is 0 Å². The van der Waals surface area contributed by atoms with E-state index in [0.717, 1.165) is 37.7 Å². The summed E-state index contributed by atoms with van der Waals surface area (Å²) in [5, 5.41) is 11.9. The molecule has 0 aliphatic carbocycles. The summed E-state index contributed by atoms with van der Waals surface area (Å²) in [5.74, 6) is 0.780. The molecule has 2 rings (SSSR count). The summed E-state index contributed by atoms with van der Waals surface area (Å²) in [6, 6.07) is 1.84. The Morgan fingerprint density at radius 2 is 2.08 bits per heavy atom. The predicted octanol–water partition coefficient (Wildman–Crippen LogP) is 3.60. The average molecular weight is 499 g/mol. The summed E-state index contributed by atoms with van der Waals surface area (Å²) >= 11 is 12.1. The Labute approximate surface area is 176 Å². The number of rotatable bonds is 7. The molecule has 140 valence electrons. The summed E-state index contributed by atoms with van der Waals surface area (Å²) in [7, 11) is 1.88. The van der Waals surface area contributed by atoms with E-state index in [9.17, 15) is 0 Å². The fraction of sp³-hybridized carbons (Fsp3) is 0.500. The molecular formula is C16H25Cl2IN6. The minimum Gasteiger partial charge on any atom is -0.357 e. The molecule has 25 heavy (non-hydrogen) atoms. The molecule has 6 nitrogen and oxygen atoms in total. The maximum absolute atomic E-state index is 6.08. The highest BCUT2D eigenvalue weighted by atomic mass is 127. The third-order valence-electron chi connectivity index (χ3n) is 3.58. The van der Waals surface area contributed by atoms with Crippen molar-refractivity contribution in [2.45, 2.75) is 33.4 Å². The molecular weight excluding hydrogens is 474 g/mol. The minimum atomic E-state index is 0. The topological polar surface area (TPSA) is 59.2 Å². The van der Waals surface area contributed by atoms with E-state index in [-0.39, 0.29) is 24.0 Å². The first kappa shape index (κ1) is 22.1. The average Bonchev–Trinajstić information content (AvgIpc) is 3.08. The molecule has 2 heterocycles. The van der Waals surface area contributed by atoms with Gasteiger partial charge in [-0.05, 0) is 31.9 Å². The fourth-order valence-electron chi connectivity index (χ4n) is 2.28. The molecule has 0 spiro atoms. The standard InChI is InChI=1S/C16H24Cl2N6.HI/c1-4-19-16(20-6-5-7-24-11-12(2)9-22-24)21-10-13-8-14(17)15(18)23(13)3;/h8-9,11H,4-7,10H2,1-3H3,(H2,19,20,21);1H. The van der Waals surface area contributed by atoms with Gasteiger partial charge in [0, 0.05) is 38.6 Å². The number of aryl methyl sites for hydroxylation is 2. The van der Waals surface area contributed by atoms with E-state index in [1.807, 2.05) is 48.6 Å². The zero-order valence-corrected chi connectivity index (χ0v) is 18.6. The SMILES string of the molecule is CCNC(=NCc1cc(Cl)c(Cl)n1C)NCCCn1cc(C)cn1.I. The second-order valence-corrected chi connectivity index (χ2v) is 6.35. The van der Waals surface area contributed by atoms with Crippen molar-refractivity contribution in [3.05, 3.63) is 39.9 Å². The van der Waals surface area contributed by atoms with Crippen LogP contribution in [0.25, 0.3) is 0 Å². The van der Waals surface area contributed by atoms with Crippen LogP contribution in [0.5, 0.6) is 0 Å². The van der Waals surface area contributed by atoms with Crippen LogP contribution in [0, 0.1) is 6.92 Å². The van der Waals surface area contributed by atoms with Crippen LogP contribution in [0.3, 0.4) is 0 Å². The molecule has 0 radical (unpaired) electrons. The first-order valence-corrected chi connectivity index (χ1v) is 8.77. The Bertz CT molecular complexity index is 695. The van der Waals surface area contributed by atoms with Crippen LogP contribution in [0.1, 0.15) is 24.6 Å². The lowest BCUT2D eigenvalue weighted by Crippen LogP contribution is -2.38. The van der Waals surface area contributed by atoms with Gasteiger partial charge in [0.1, 0.15) is 5.15 Å². The number of hydrogen-bond donors (Lipinski definition) is 2. The van der Waals surface area contributed by atoms with Gasteiger partial charge in [0.15, 0.2) is 5.96 Å². The minimum absolute atomic E-state index is 0. The Morgan fingerprint density at radius 1 is 1.32 bits per heavy atom. The molecule has 0 amide bonds. The van der Waals surface area contributed by atoms with Crippen molar-refractivity contribution >= 4 is 53.1 Å². The van der Waals surface area contributed by atoms with Crippen LogP contribution >= 0.6 is 47.2 Å². The number of guanidine groups is 1. The van der Waals surface area contributed by atoms with Gasteiger partial charge in [-0.1, -0.05) is 23.2 Å². The normalized spacial score (nSPS) is 11.3. The van der Waals surface area contributed by atoms with Gasteiger partial charge < -0.3 is 15.2 Å². The number of hydrogen-bond acceptors (Lipinski definition) is 2. The number of nitrogens with one attached hydrogen (secondary N) is 2. The highest BCUT2D eigenvalue weighted by Crippen LogP contribution is 2.25. The van der Waals surface area contributed by atoms with Gasteiger partial charge in [-0.25, -0.2) is 4.99 Å². The van der Waals surface area contributed by atoms with Gasteiger partial charge in [-0.3, -0.25) is 4.68 Å². The highest BCUT2D eigenvalue weighted by Gasteiger charge is 2.08. The third-order valence-corrected chi connectivity index (χ3v) is 4.42. The van der Waals surface area contributed by atoms with Crippen molar-refractivity contribution in [3.63, 3.8) is 0 Å². The molecule has 0 atom stereocenters. The third kappa shape index (κ3) is 6.71. The van der Waals surface area contributed by atoms with E-state index in [2.05, 4.69) is 20.7 Å². The van der Waals surface area contributed by atoms with Crippen LogP contribution in [-0.2, 0) is 20.1 Å². The quantitative estimate of drug-likeness (QED) is 0.265. The molecule has 0 saturated carbocycles. The Kier molecular flexibility index (Phi) is 9.66. The Hall–Kier alpha value is -0.930. The summed E-state index contributed by atoms with van der Waals surface area (Å²) in [6.07, 6.45) is 4.88. The van der Waals surface area contributed by atoms with Crippen LogP contribution in [-0.4, -0.2) is 33.4 Å². The Balaban J connectivity index is 0.00000312. The molecule has 0 aliphatic rings.